The van der Waals surface area contributed by atoms with Crippen molar-refractivity contribution in [3.8, 4) is 17.2 Å². The minimum atomic E-state index is 0.247. The zero-order chi connectivity index (χ0) is 42.0. The van der Waals surface area contributed by atoms with Crippen LogP contribution in [-0.4, -0.2) is 29.4 Å². The van der Waals surface area contributed by atoms with Crippen molar-refractivity contribution in [2.45, 2.75) is 74.4 Å². The van der Waals surface area contributed by atoms with E-state index in [-0.39, 0.29) is 12.1 Å². The fourth-order valence-electron chi connectivity index (χ4n) is 8.61. The van der Waals surface area contributed by atoms with Gasteiger partial charge >= 0.3 is 0 Å². The van der Waals surface area contributed by atoms with Gasteiger partial charge < -0.3 is 9.80 Å². The molecule has 296 valence electrons. The maximum atomic E-state index is 11.1. The number of anilines is 4. The van der Waals surface area contributed by atoms with Crippen LogP contribution in [0.3, 0.4) is 0 Å². The lowest BCUT2D eigenvalue weighted by Gasteiger charge is -2.32. The van der Waals surface area contributed by atoms with Crippen molar-refractivity contribution in [3.05, 3.63) is 189 Å². The zero-order valence-electron chi connectivity index (χ0n) is 36.1. The number of hydrogen-bond acceptors (Lipinski definition) is 4. The van der Waals surface area contributed by atoms with Crippen LogP contribution < -0.4 is 9.80 Å². The van der Waals surface area contributed by atoms with Crippen LogP contribution in [0.4, 0.5) is 27.8 Å². The molecule has 1 aromatic heterocycles. The highest BCUT2D eigenvalue weighted by Gasteiger charge is 2.29. The molecule has 0 N–H and O–H groups in total. The number of benzene rings is 5. The molecule has 6 aromatic rings. The average Bonchev–Trinajstić information content (AvgIpc) is 3.60. The fraction of sp³-hybridized carbons (Fsp3) is 0.222. The standard InChI is InChI=1S/C54H55N4S/c1-35(2)57(51-38(6)19-16-20-39(51)7)45-30-26-43(27-31-45)49(44-28-32-46(33-29-44)58(36(3)4)52-40(8)21-17-22-41(52)9)53-50(42-23-12-11-13-24-42)47(34-55)54(59-53)56(10)48-25-15-14-18-37(48)5/h11-33,35-36H,1-10H3/q+1. The first-order valence-electron chi connectivity index (χ1n) is 20.6. The third kappa shape index (κ3) is 7.98. The summed E-state index contributed by atoms with van der Waals surface area (Å²) in [4.78, 5) is 5.70. The lowest BCUT2D eigenvalue weighted by molar-refractivity contribution is -0.475. The predicted octanol–water partition coefficient (Wildman–Crippen LogP) is 14.3. The van der Waals surface area contributed by atoms with Crippen molar-refractivity contribution in [1.29, 1.82) is 5.26 Å². The van der Waals surface area contributed by atoms with Crippen molar-refractivity contribution >= 4 is 50.4 Å². The van der Waals surface area contributed by atoms with Gasteiger partial charge in [-0.15, -0.1) is 11.3 Å². The molecule has 1 aliphatic rings. The van der Waals surface area contributed by atoms with Gasteiger partial charge in [0.05, 0.1) is 5.56 Å². The van der Waals surface area contributed by atoms with Crippen molar-refractivity contribution in [2.75, 3.05) is 16.8 Å². The van der Waals surface area contributed by atoms with Crippen LogP contribution in [-0.2, 0) is 0 Å². The van der Waals surface area contributed by atoms with E-state index in [4.69, 9.17) is 0 Å². The summed E-state index contributed by atoms with van der Waals surface area (Å²) >= 11 is 1.69. The monoisotopic (exact) mass is 791 g/mol. The largest absolute Gasteiger partial charge is 0.338 e. The van der Waals surface area contributed by atoms with Gasteiger partial charge in [-0.05, 0) is 126 Å². The summed E-state index contributed by atoms with van der Waals surface area (Å²) in [7, 11) is 2.08. The van der Waals surface area contributed by atoms with Crippen LogP contribution in [0.25, 0.3) is 16.7 Å². The maximum Gasteiger partial charge on any atom is 0.211 e. The second-order valence-corrected chi connectivity index (χ2v) is 17.2. The summed E-state index contributed by atoms with van der Waals surface area (Å²) in [5, 5.41) is 12.0. The normalized spacial score (nSPS) is 12.3. The molecule has 0 atom stereocenters. The van der Waals surface area contributed by atoms with E-state index >= 15 is 0 Å². The molecule has 5 heteroatoms. The summed E-state index contributed by atoms with van der Waals surface area (Å²) in [5.41, 5.74) is 18.0. The van der Waals surface area contributed by atoms with Crippen LogP contribution in [0, 0.1) is 45.9 Å². The topological polar surface area (TPSA) is 33.3 Å². The number of thiophene rings is 1. The smallest absolute Gasteiger partial charge is 0.211 e. The molecule has 59 heavy (non-hydrogen) atoms. The van der Waals surface area contributed by atoms with Gasteiger partial charge in [-0.25, -0.2) is 0 Å². The van der Waals surface area contributed by atoms with Crippen molar-refractivity contribution in [1.82, 2.24) is 0 Å². The van der Waals surface area contributed by atoms with E-state index in [2.05, 4.69) is 223 Å². The SMILES string of the molecule is Cc1ccccc1N(C)c1sc(C(=C2C=CC(=[N+](c3c(C)cccc3C)C(C)C)C=C2)c2ccc(N(c3c(C)cccc3C)C(C)C)cc2)c(-c2ccccc2)c1C#N. The molecule has 0 fully saturated rings. The highest BCUT2D eigenvalue weighted by molar-refractivity contribution is 7.18. The Kier molecular flexibility index (Phi) is 12.0. The molecular formula is C54H55N4S+. The molecule has 1 heterocycles. The summed E-state index contributed by atoms with van der Waals surface area (Å²) in [5.74, 6) is 0. The predicted molar refractivity (Wildman–Crippen MR) is 254 cm³/mol. The highest BCUT2D eigenvalue weighted by Crippen LogP contribution is 2.49. The molecule has 0 bridgehead atoms. The molecule has 4 nitrogen and oxygen atoms in total. The van der Waals surface area contributed by atoms with Gasteiger partial charge in [0.25, 0.3) is 0 Å². The first-order chi connectivity index (χ1) is 28.4. The second kappa shape index (κ2) is 17.3. The van der Waals surface area contributed by atoms with Gasteiger partial charge in [0.1, 0.15) is 11.1 Å². The number of rotatable bonds is 10. The zero-order valence-corrected chi connectivity index (χ0v) is 36.9. The van der Waals surface area contributed by atoms with Crippen molar-refractivity contribution < 1.29 is 4.58 Å². The number of hydrogen-bond donors (Lipinski definition) is 0. The second-order valence-electron chi connectivity index (χ2n) is 16.2. The molecule has 0 saturated carbocycles. The molecule has 0 saturated heterocycles. The molecule has 0 spiro atoms. The summed E-state index contributed by atoms with van der Waals surface area (Å²) < 4.78 is 2.44. The Labute approximate surface area is 356 Å². The molecule has 1 aliphatic carbocycles. The van der Waals surface area contributed by atoms with E-state index in [1.54, 1.807) is 11.3 Å². The average molecular weight is 792 g/mol. The molecule has 0 amide bonds. The fourth-order valence-corrected chi connectivity index (χ4v) is 9.95. The molecule has 0 aliphatic heterocycles. The Morgan fingerprint density at radius 2 is 1.20 bits per heavy atom. The summed E-state index contributed by atoms with van der Waals surface area (Å²) in [6, 6.07) is 44.1. The molecule has 0 unspecified atom stereocenters. The summed E-state index contributed by atoms with van der Waals surface area (Å²) in [6.45, 7) is 19.9. The van der Waals surface area contributed by atoms with E-state index in [0.717, 1.165) is 60.4 Å². The van der Waals surface area contributed by atoms with Crippen LogP contribution >= 0.6 is 11.3 Å². The number of allylic oxidation sites excluding steroid dienone is 5. The van der Waals surface area contributed by atoms with Gasteiger partial charge in [-0.2, -0.15) is 9.84 Å². The Morgan fingerprint density at radius 1 is 0.644 bits per heavy atom. The quantitative estimate of drug-likeness (QED) is 0.130. The van der Waals surface area contributed by atoms with Crippen LogP contribution in [0.2, 0.25) is 0 Å². The van der Waals surface area contributed by atoms with Gasteiger partial charge in [0, 0.05) is 69.4 Å². The minimum absolute atomic E-state index is 0.247. The third-order valence-corrected chi connectivity index (χ3v) is 12.6. The lowest BCUT2D eigenvalue weighted by atomic mass is 9.90. The number of nitriles is 1. The first kappa shape index (κ1) is 41.0. The Bertz CT molecular complexity index is 2620. The van der Waals surface area contributed by atoms with Crippen LogP contribution in [0.5, 0.6) is 0 Å². The number of aryl methyl sites for hydroxylation is 5. The van der Waals surface area contributed by atoms with Gasteiger partial charge in [-0.1, -0.05) is 97.1 Å². The van der Waals surface area contributed by atoms with E-state index in [0.29, 0.717) is 5.56 Å². The van der Waals surface area contributed by atoms with E-state index in [1.165, 1.54) is 33.6 Å². The van der Waals surface area contributed by atoms with Crippen LogP contribution in [0.1, 0.15) is 71.5 Å². The lowest BCUT2D eigenvalue weighted by Crippen LogP contribution is -2.26. The summed E-state index contributed by atoms with van der Waals surface area (Å²) in [6.07, 6.45) is 9.06. The number of para-hydroxylation sites is 3. The minimum Gasteiger partial charge on any atom is -0.338 e. The van der Waals surface area contributed by atoms with Gasteiger partial charge in [-0.3, -0.25) is 0 Å². The van der Waals surface area contributed by atoms with Crippen molar-refractivity contribution in [3.63, 3.8) is 0 Å². The Hall–Kier alpha value is -6.22. The first-order valence-corrected chi connectivity index (χ1v) is 21.4. The molecule has 5 aromatic carbocycles. The van der Waals surface area contributed by atoms with Crippen LogP contribution in [0.15, 0.2) is 145 Å². The maximum absolute atomic E-state index is 11.1. The van der Waals surface area contributed by atoms with Gasteiger partial charge in [0.2, 0.25) is 11.4 Å². The van der Waals surface area contributed by atoms with E-state index in [1.807, 2.05) is 6.07 Å². The molecule has 0 radical (unpaired) electrons. The Balaban J connectivity index is 1.49. The molecule has 7 rings (SSSR count). The highest BCUT2D eigenvalue weighted by atomic mass is 32.1. The molecular weight excluding hydrogens is 737 g/mol. The Morgan fingerprint density at radius 3 is 1.76 bits per heavy atom. The van der Waals surface area contributed by atoms with Gasteiger partial charge in [0.15, 0.2) is 6.04 Å². The number of nitrogens with zero attached hydrogens (tertiary/aromatic N) is 4. The third-order valence-electron chi connectivity index (χ3n) is 11.3. The van der Waals surface area contributed by atoms with E-state index in [9.17, 15) is 5.26 Å². The van der Waals surface area contributed by atoms with Crippen molar-refractivity contribution in [2.24, 2.45) is 0 Å². The van der Waals surface area contributed by atoms with E-state index < -0.39 is 0 Å².